The van der Waals surface area contributed by atoms with Crippen LogP contribution in [-0.2, 0) is 0 Å². The molecule has 116 valence electrons. The highest BCUT2D eigenvalue weighted by atomic mass is 32.1. The molecule has 0 unspecified atom stereocenters. The van der Waals surface area contributed by atoms with Gasteiger partial charge in [0.25, 0.3) is 5.89 Å². The third-order valence-corrected chi connectivity index (χ3v) is 4.58. The molecule has 0 fully saturated rings. The summed E-state index contributed by atoms with van der Waals surface area (Å²) < 4.78 is 7.28. The molecular formula is C16H15N5OS. The van der Waals surface area contributed by atoms with E-state index in [0.29, 0.717) is 11.7 Å². The average Bonchev–Trinajstić information content (AvgIpc) is 3.24. The molecule has 0 bridgehead atoms. The van der Waals surface area contributed by atoms with Gasteiger partial charge in [-0.3, -0.25) is 0 Å². The third kappa shape index (κ3) is 2.43. The van der Waals surface area contributed by atoms with E-state index in [2.05, 4.69) is 41.2 Å². The summed E-state index contributed by atoms with van der Waals surface area (Å²) in [6, 6.07) is 10.2. The fourth-order valence-electron chi connectivity index (χ4n) is 2.45. The maximum absolute atomic E-state index is 5.38. The highest BCUT2D eigenvalue weighted by molar-refractivity contribution is 7.15. The van der Waals surface area contributed by atoms with Gasteiger partial charge in [-0.1, -0.05) is 10.4 Å². The molecule has 23 heavy (non-hydrogen) atoms. The number of aromatic nitrogens is 5. The van der Waals surface area contributed by atoms with Crippen molar-refractivity contribution in [2.75, 3.05) is 0 Å². The lowest BCUT2D eigenvalue weighted by Crippen LogP contribution is -2.02. The molecule has 0 amide bonds. The topological polar surface area (TPSA) is 69.6 Å². The lowest BCUT2D eigenvalue weighted by Gasteiger charge is -2.04. The maximum Gasteiger partial charge on any atom is 0.268 e. The summed E-state index contributed by atoms with van der Waals surface area (Å²) in [5, 5.41) is 12.5. The minimum atomic E-state index is 0.268. The van der Waals surface area contributed by atoms with Gasteiger partial charge in [0.15, 0.2) is 0 Å². The van der Waals surface area contributed by atoms with E-state index in [4.69, 9.17) is 4.52 Å². The Morgan fingerprint density at radius 1 is 1.17 bits per heavy atom. The smallest absolute Gasteiger partial charge is 0.268 e. The molecule has 0 N–H and O–H groups in total. The lowest BCUT2D eigenvalue weighted by molar-refractivity contribution is 0.433. The number of rotatable bonds is 3. The zero-order chi connectivity index (χ0) is 16.0. The predicted molar refractivity (Wildman–Crippen MR) is 89.3 cm³/mol. The largest absolute Gasteiger partial charge is 0.333 e. The monoisotopic (exact) mass is 325 g/mol. The fraction of sp³-hybridized carbons (Fsp3) is 0.250. The van der Waals surface area contributed by atoms with Gasteiger partial charge >= 0.3 is 0 Å². The van der Waals surface area contributed by atoms with Crippen LogP contribution in [0.15, 0.2) is 34.9 Å². The number of benzene rings is 1. The van der Waals surface area contributed by atoms with Crippen molar-refractivity contribution in [3.8, 4) is 22.2 Å². The molecule has 3 aromatic heterocycles. The van der Waals surface area contributed by atoms with E-state index in [0.717, 1.165) is 21.5 Å². The molecule has 0 atom stereocenters. The van der Waals surface area contributed by atoms with E-state index in [1.165, 1.54) is 4.88 Å². The van der Waals surface area contributed by atoms with Crippen LogP contribution in [0.3, 0.4) is 0 Å². The van der Waals surface area contributed by atoms with Crippen LogP contribution >= 0.6 is 11.3 Å². The first-order valence-corrected chi connectivity index (χ1v) is 8.19. The van der Waals surface area contributed by atoms with E-state index in [9.17, 15) is 0 Å². The van der Waals surface area contributed by atoms with Crippen LogP contribution in [0.4, 0.5) is 0 Å². The van der Waals surface area contributed by atoms with Crippen LogP contribution in [0.25, 0.3) is 33.2 Å². The molecular weight excluding hydrogens is 310 g/mol. The van der Waals surface area contributed by atoms with Crippen LogP contribution in [0, 0.1) is 6.92 Å². The van der Waals surface area contributed by atoms with Crippen molar-refractivity contribution in [1.29, 1.82) is 0 Å². The summed E-state index contributed by atoms with van der Waals surface area (Å²) in [4.78, 5) is 6.68. The van der Waals surface area contributed by atoms with E-state index in [-0.39, 0.29) is 6.04 Å². The van der Waals surface area contributed by atoms with Crippen molar-refractivity contribution in [1.82, 2.24) is 25.1 Å². The van der Waals surface area contributed by atoms with Crippen molar-refractivity contribution in [3.05, 3.63) is 35.2 Å². The Labute approximate surface area is 136 Å². The van der Waals surface area contributed by atoms with Crippen molar-refractivity contribution >= 4 is 22.4 Å². The zero-order valence-corrected chi connectivity index (χ0v) is 13.8. The number of aryl methyl sites for hydroxylation is 1. The normalized spacial score (nSPS) is 11.7. The SMILES string of the molecule is Cc1ccc(-c2nc(-c3ccc4c(c3)nnn4C(C)C)no2)s1. The van der Waals surface area contributed by atoms with Crippen LogP contribution in [0.5, 0.6) is 0 Å². The van der Waals surface area contributed by atoms with E-state index in [1.54, 1.807) is 11.3 Å². The van der Waals surface area contributed by atoms with Gasteiger partial charge < -0.3 is 4.52 Å². The standard InChI is InChI=1S/C16H15N5OS/c1-9(2)21-13-6-5-11(8-12(13)18-20-21)15-17-16(22-19-15)14-7-4-10(3)23-14/h4-9H,1-3H3. The molecule has 4 aromatic rings. The van der Waals surface area contributed by atoms with Crippen molar-refractivity contribution in [2.45, 2.75) is 26.8 Å². The van der Waals surface area contributed by atoms with Gasteiger partial charge in [0.05, 0.1) is 10.4 Å². The lowest BCUT2D eigenvalue weighted by atomic mass is 10.2. The Kier molecular flexibility index (Phi) is 3.23. The number of thiophene rings is 1. The van der Waals surface area contributed by atoms with Gasteiger partial charge in [-0.2, -0.15) is 4.98 Å². The quantitative estimate of drug-likeness (QED) is 0.567. The maximum atomic E-state index is 5.38. The Balaban J connectivity index is 1.73. The minimum Gasteiger partial charge on any atom is -0.333 e. The Hall–Kier alpha value is -2.54. The first kappa shape index (κ1) is 14.1. The zero-order valence-electron chi connectivity index (χ0n) is 13.0. The molecule has 0 radical (unpaired) electrons. The van der Waals surface area contributed by atoms with E-state index < -0.39 is 0 Å². The van der Waals surface area contributed by atoms with Gasteiger partial charge in [-0.25, -0.2) is 4.68 Å². The van der Waals surface area contributed by atoms with Gasteiger partial charge in [-0.05, 0) is 51.1 Å². The molecule has 0 spiro atoms. The second-order valence-corrected chi connectivity index (χ2v) is 6.95. The number of hydrogen-bond donors (Lipinski definition) is 0. The Morgan fingerprint density at radius 2 is 2.04 bits per heavy atom. The average molecular weight is 325 g/mol. The molecule has 0 saturated heterocycles. The third-order valence-electron chi connectivity index (χ3n) is 3.60. The molecule has 0 aliphatic rings. The molecule has 3 heterocycles. The number of fused-ring (bicyclic) bond motifs is 1. The highest BCUT2D eigenvalue weighted by Gasteiger charge is 2.14. The van der Waals surface area contributed by atoms with Crippen molar-refractivity contribution in [2.24, 2.45) is 0 Å². The molecule has 1 aromatic carbocycles. The summed E-state index contributed by atoms with van der Waals surface area (Å²) in [5.41, 5.74) is 2.70. The fourth-order valence-corrected chi connectivity index (χ4v) is 3.24. The first-order chi connectivity index (χ1) is 11.1. The van der Waals surface area contributed by atoms with Gasteiger partial charge in [0, 0.05) is 16.5 Å². The van der Waals surface area contributed by atoms with Crippen LogP contribution in [0.2, 0.25) is 0 Å². The van der Waals surface area contributed by atoms with Crippen LogP contribution in [-0.4, -0.2) is 25.1 Å². The van der Waals surface area contributed by atoms with Crippen molar-refractivity contribution < 1.29 is 4.52 Å². The van der Waals surface area contributed by atoms with E-state index in [1.807, 2.05) is 35.0 Å². The Morgan fingerprint density at radius 3 is 2.78 bits per heavy atom. The summed E-state index contributed by atoms with van der Waals surface area (Å²) in [6.07, 6.45) is 0. The summed E-state index contributed by atoms with van der Waals surface area (Å²) in [6.45, 7) is 6.21. The second kappa shape index (κ2) is 5.27. The molecule has 0 aliphatic heterocycles. The number of nitrogens with zero attached hydrogens (tertiary/aromatic N) is 5. The van der Waals surface area contributed by atoms with E-state index >= 15 is 0 Å². The molecule has 0 aliphatic carbocycles. The van der Waals surface area contributed by atoms with Gasteiger partial charge in [0.2, 0.25) is 5.82 Å². The Bertz CT molecular complexity index is 981. The predicted octanol–water partition coefficient (Wildman–Crippen LogP) is 4.10. The van der Waals surface area contributed by atoms with Crippen LogP contribution in [0.1, 0.15) is 24.8 Å². The molecule has 4 rings (SSSR count). The summed E-state index contributed by atoms with van der Waals surface area (Å²) in [5.74, 6) is 1.11. The molecule has 7 heteroatoms. The summed E-state index contributed by atoms with van der Waals surface area (Å²) >= 11 is 1.64. The molecule has 6 nitrogen and oxygen atoms in total. The van der Waals surface area contributed by atoms with Crippen LogP contribution < -0.4 is 0 Å². The summed E-state index contributed by atoms with van der Waals surface area (Å²) in [7, 11) is 0. The van der Waals surface area contributed by atoms with Gasteiger partial charge in [0.1, 0.15) is 5.52 Å². The van der Waals surface area contributed by atoms with Crippen molar-refractivity contribution in [3.63, 3.8) is 0 Å². The first-order valence-electron chi connectivity index (χ1n) is 7.37. The highest BCUT2D eigenvalue weighted by Crippen LogP contribution is 2.29. The molecule has 0 saturated carbocycles. The van der Waals surface area contributed by atoms with Gasteiger partial charge in [-0.15, -0.1) is 16.4 Å². The minimum absolute atomic E-state index is 0.268. The number of hydrogen-bond acceptors (Lipinski definition) is 6. The second-order valence-electron chi connectivity index (χ2n) is 5.66.